The zero-order valence-electron chi connectivity index (χ0n) is 8.32. The van der Waals surface area contributed by atoms with E-state index in [1.165, 1.54) is 37.7 Å². The van der Waals surface area contributed by atoms with Crippen LogP contribution < -0.4 is 0 Å². The van der Waals surface area contributed by atoms with Gasteiger partial charge in [0.2, 0.25) is 0 Å². The maximum absolute atomic E-state index is 8.18. The minimum Gasteiger partial charge on any atom is -0.0899 e. The van der Waals surface area contributed by atoms with E-state index in [2.05, 4.69) is 32.0 Å². The Balaban J connectivity index is 2.50. The highest BCUT2D eigenvalue weighted by atomic mass is 79.9. The average molecular weight is 258 g/mol. The second-order valence-corrected chi connectivity index (χ2v) is 4.22. The van der Waals surface area contributed by atoms with Crippen molar-refractivity contribution in [3.8, 4) is 0 Å². The number of rotatable bonds is 4. The molecule has 14 heavy (non-hydrogen) atoms. The highest BCUT2D eigenvalue weighted by molar-refractivity contribution is 9.09. The van der Waals surface area contributed by atoms with Crippen LogP contribution in [0, 0.1) is 5.92 Å². The zero-order chi connectivity index (χ0) is 10.2. The zero-order valence-corrected chi connectivity index (χ0v) is 9.91. The Morgan fingerprint density at radius 2 is 2.14 bits per heavy atom. The summed E-state index contributed by atoms with van der Waals surface area (Å²) in [6, 6.07) is 0. The number of hydrogen-bond acceptors (Lipinski definition) is 1. The van der Waals surface area contributed by atoms with Crippen LogP contribution in [0.2, 0.25) is 0 Å². The van der Waals surface area contributed by atoms with Crippen LogP contribution in [0.4, 0.5) is 0 Å². The maximum Gasteiger partial charge on any atom is 0.0443 e. The van der Waals surface area contributed by atoms with Crippen molar-refractivity contribution in [3.05, 3.63) is 22.1 Å². The first-order chi connectivity index (χ1) is 6.88. The van der Waals surface area contributed by atoms with Gasteiger partial charge < -0.3 is 0 Å². The highest BCUT2D eigenvalue weighted by Crippen LogP contribution is 2.30. The fourth-order valence-electron chi connectivity index (χ4n) is 2.00. The fraction of sp³-hybridized carbons (Fsp3) is 0.800. The lowest BCUT2D eigenvalue weighted by molar-refractivity contribution is 0.403. The molecule has 0 aromatic rings. The summed E-state index contributed by atoms with van der Waals surface area (Å²) in [5.74, 6) is 0.719. The second-order valence-electron chi connectivity index (χ2n) is 3.66. The molecule has 0 N–H and O–H groups in total. The van der Waals surface area contributed by atoms with E-state index in [4.69, 9.17) is 5.53 Å². The number of azide groups is 1. The van der Waals surface area contributed by atoms with E-state index in [9.17, 15) is 0 Å². The van der Waals surface area contributed by atoms with E-state index >= 15 is 0 Å². The number of nitrogens with zero attached hydrogens (tertiary/aromatic N) is 3. The van der Waals surface area contributed by atoms with Crippen molar-refractivity contribution in [3.63, 3.8) is 0 Å². The summed E-state index contributed by atoms with van der Waals surface area (Å²) in [6.45, 7) is 0.494. The first-order valence-corrected chi connectivity index (χ1v) is 6.26. The van der Waals surface area contributed by atoms with Gasteiger partial charge in [-0.2, -0.15) is 0 Å². The molecule has 0 aliphatic heterocycles. The minimum absolute atomic E-state index is 0.494. The number of allylic oxidation sites excluding steroid dienone is 1. The van der Waals surface area contributed by atoms with Gasteiger partial charge in [-0.3, -0.25) is 0 Å². The summed E-state index contributed by atoms with van der Waals surface area (Å²) in [5, 5.41) is 4.45. The number of halogens is 1. The quantitative estimate of drug-likeness (QED) is 0.238. The van der Waals surface area contributed by atoms with E-state index in [0.717, 1.165) is 11.2 Å². The first-order valence-electron chi connectivity index (χ1n) is 5.14. The molecule has 0 spiro atoms. The lowest BCUT2D eigenvalue weighted by Crippen LogP contribution is -2.10. The van der Waals surface area contributed by atoms with Gasteiger partial charge in [0.1, 0.15) is 0 Å². The molecule has 0 heterocycles. The molecule has 1 rings (SSSR count). The van der Waals surface area contributed by atoms with Crippen molar-refractivity contribution in [2.75, 3.05) is 11.9 Å². The van der Waals surface area contributed by atoms with Crippen LogP contribution in [-0.4, -0.2) is 11.9 Å². The third kappa shape index (κ3) is 3.72. The Labute approximate surface area is 93.3 Å². The van der Waals surface area contributed by atoms with Crippen LogP contribution in [0.1, 0.15) is 32.1 Å². The van der Waals surface area contributed by atoms with Crippen molar-refractivity contribution >= 4 is 15.9 Å². The summed E-state index contributed by atoms with van der Waals surface area (Å²) in [7, 11) is 0. The van der Waals surface area contributed by atoms with E-state index in [-0.39, 0.29) is 0 Å². The van der Waals surface area contributed by atoms with Crippen molar-refractivity contribution in [1.82, 2.24) is 0 Å². The lowest BCUT2D eigenvalue weighted by atomic mass is 9.84. The molecular weight excluding hydrogens is 242 g/mol. The topological polar surface area (TPSA) is 48.8 Å². The fourth-order valence-corrected chi connectivity index (χ4v) is 2.69. The van der Waals surface area contributed by atoms with Gasteiger partial charge in [0.25, 0.3) is 0 Å². The molecule has 1 aliphatic rings. The third-order valence-corrected chi connectivity index (χ3v) is 3.43. The lowest BCUT2D eigenvalue weighted by Gasteiger charge is -2.23. The van der Waals surface area contributed by atoms with Gasteiger partial charge in [-0.1, -0.05) is 52.0 Å². The van der Waals surface area contributed by atoms with Crippen molar-refractivity contribution in [2.45, 2.75) is 32.1 Å². The molecule has 1 saturated carbocycles. The third-order valence-electron chi connectivity index (χ3n) is 2.78. The first kappa shape index (κ1) is 11.6. The Kier molecular flexibility index (Phi) is 5.72. The van der Waals surface area contributed by atoms with Gasteiger partial charge in [0.05, 0.1) is 0 Å². The van der Waals surface area contributed by atoms with Gasteiger partial charge in [0.15, 0.2) is 0 Å². The molecule has 4 heteroatoms. The number of hydrogen-bond donors (Lipinski definition) is 0. The molecule has 0 bridgehead atoms. The smallest absolute Gasteiger partial charge is 0.0443 e. The maximum atomic E-state index is 8.18. The molecule has 0 aromatic heterocycles. The molecule has 1 aliphatic carbocycles. The van der Waals surface area contributed by atoms with E-state index in [0.29, 0.717) is 6.54 Å². The SMILES string of the molecule is [N-]=[N+]=NCC=C(CBr)C1CCCCC1. The monoisotopic (exact) mass is 257 g/mol. The molecule has 0 atom stereocenters. The van der Waals surface area contributed by atoms with Crippen LogP contribution >= 0.6 is 15.9 Å². The predicted octanol–water partition coefficient (Wildman–Crippen LogP) is 4.20. The van der Waals surface area contributed by atoms with E-state index < -0.39 is 0 Å². The summed E-state index contributed by atoms with van der Waals surface area (Å²) >= 11 is 3.50. The highest BCUT2D eigenvalue weighted by Gasteiger charge is 2.16. The molecule has 3 nitrogen and oxygen atoms in total. The van der Waals surface area contributed by atoms with Crippen LogP contribution in [0.3, 0.4) is 0 Å². The van der Waals surface area contributed by atoms with Gasteiger partial charge >= 0.3 is 0 Å². The average Bonchev–Trinajstić information content (AvgIpc) is 2.26. The minimum atomic E-state index is 0.494. The molecule has 78 valence electrons. The Hall–Kier alpha value is -0.470. The van der Waals surface area contributed by atoms with Crippen LogP contribution in [0.15, 0.2) is 16.8 Å². The van der Waals surface area contributed by atoms with E-state index in [1.54, 1.807) is 0 Å². The molecule has 0 aromatic carbocycles. The van der Waals surface area contributed by atoms with Gasteiger partial charge in [0, 0.05) is 16.8 Å². The second kappa shape index (κ2) is 6.91. The molecule has 0 radical (unpaired) electrons. The van der Waals surface area contributed by atoms with Gasteiger partial charge in [-0.05, 0) is 24.3 Å². The van der Waals surface area contributed by atoms with Crippen molar-refractivity contribution in [1.29, 1.82) is 0 Å². The van der Waals surface area contributed by atoms with Crippen LogP contribution in [-0.2, 0) is 0 Å². The van der Waals surface area contributed by atoms with Crippen molar-refractivity contribution < 1.29 is 0 Å². The molecule has 1 fully saturated rings. The summed E-state index contributed by atoms with van der Waals surface area (Å²) in [6.07, 6.45) is 8.74. The largest absolute Gasteiger partial charge is 0.0899 e. The van der Waals surface area contributed by atoms with Gasteiger partial charge in [-0.15, -0.1) is 0 Å². The van der Waals surface area contributed by atoms with Gasteiger partial charge in [-0.25, -0.2) is 0 Å². The molecule has 0 saturated heterocycles. The summed E-state index contributed by atoms with van der Waals surface area (Å²) in [4.78, 5) is 2.75. The Morgan fingerprint density at radius 1 is 1.43 bits per heavy atom. The normalized spacial score (nSPS) is 19.1. The summed E-state index contributed by atoms with van der Waals surface area (Å²) < 4.78 is 0. The molecule has 0 unspecified atom stereocenters. The summed E-state index contributed by atoms with van der Waals surface area (Å²) in [5.41, 5.74) is 9.59. The molecule has 0 amide bonds. The van der Waals surface area contributed by atoms with Crippen LogP contribution in [0.25, 0.3) is 10.4 Å². The molecular formula is C10H16BrN3. The number of alkyl halides is 1. The van der Waals surface area contributed by atoms with Crippen LogP contribution in [0.5, 0.6) is 0 Å². The Bertz CT molecular complexity index is 238. The standard InChI is InChI=1S/C10H16BrN3/c11-8-10(6-7-13-14-12)9-4-2-1-3-5-9/h6,9H,1-5,7-8H2. The Morgan fingerprint density at radius 3 is 2.71 bits per heavy atom. The van der Waals surface area contributed by atoms with E-state index in [1.807, 2.05) is 0 Å². The van der Waals surface area contributed by atoms with Crippen molar-refractivity contribution in [2.24, 2.45) is 11.0 Å². The predicted molar refractivity (Wildman–Crippen MR) is 62.5 cm³/mol.